The predicted octanol–water partition coefficient (Wildman–Crippen LogP) is 2.64. The summed E-state index contributed by atoms with van der Waals surface area (Å²) < 4.78 is 0. The molecule has 0 unspecified atom stereocenters. The lowest BCUT2D eigenvalue weighted by Gasteiger charge is -2.37. The highest BCUT2D eigenvalue weighted by Gasteiger charge is 2.37. The molecule has 0 bridgehead atoms. The molecule has 1 saturated heterocycles. The molecule has 2 amide bonds. The van der Waals surface area contributed by atoms with E-state index < -0.39 is 11.8 Å². The lowest BCUT2D eigenvalue weighted by atomic mass is 9.87. The molecule has 0 radical (unpaired) electrons. The molecule has 1 fully saturated rings. The normalized spacial score (nSPS) is 20.5. The molecule has 8 heteroatoms. The molecule has 158 valence electrons. The van der Waals surface area contributed by atoms with Crippen molar-refractivity contribution in [1.82, 2.24) is 20.1 Å². The van der Waals surface area contributed by atoms with Gasteiger partial charge in [-0.2, -0.15) is 5.10 Å². The number of anilines is 2. The molecule has 8 nitrogen and oxygen atoms in total. The summed E-state index contributed by atoms with van der Waals surface area (Å²) >= 11 is 0. The van der Waals surface area contributed by atoms with E-state index in [9.17, 15) is 9.59 Å². The number of aromatic nitrogens is 3. The Balaban J connectivity index is 1.52. The molecule has 4 N–H and O–H groups in total. The zero-order chi connectivity index (χ0) is 22.0. The van der Waals surface area contributed by atoms with Crippen molar-refractivity contribution >= 4 is 28.9 Å². The van der Waals surface area contributed by atoms with Crippen LogP contribution in [-0.4, -0.2) is 44.5 Å². The maximum atomic E-state index is 13.1. The Bertz CT molecular complexity index is 1080. The van der Waals surface area contributed by atoms with Crippen LogP contribution in [0.25, 0.3) is 5.57 Å². The van der Waals surface area contributed by atoms with E-state index >= 15 is 0 Å². The zero-order valence-corrected chi connectivity index (χ0v) is 17.6. The Morgan fingerprint density at radius 2 is 2.16 bits per heavy atom. The Hall–Kier alpha value is -3.77. The van der Waals surface area contributed by atoms with Crippen molar-refractivity contribution in [2.24, 2.45) is 5.92 Å². The quantitative estimate of drug-likeness (QED) is 0.524. The molecule has 1 aliphatic heterocycles. The SMILES string of the molecule is Cc1cc(NC(=O)C(=O)N2C[C@H](C)CC[C@H]2C2=[C+]C=C(c3ccn[nH]3)C=C2)cnc1N. The number of nitrogens with two attached hydrogens (primary N) is 1. The molecule has 0 spiro atoms. The zero-order valence-electron chi connectivity index (χ0n) is 17.6. The number of rotatable bonds is 3. The second kappa shape index (κ2) is 8.53. The van der Waals surface area contributed by atoms with E-state index in [-0.39, 0.29) is 6.04 Å². The van der Waals surface area contributed by atoms with E-state index in [4.69, 9.17) is 5.73 Å². The standard InChI is InChI=1S/C23H24N6O2/c1-14-3-8-20(17-6-4-16(5-7-17)19-9-10-26-28-19)29(13-14)23(31)22(30)27-18-11-15(2)21(24)25-12-18/h4-6,9-12,14,20H,3,8,13H2,1-2H3,(H3-,24,25,26,27,28,30,31)/p+1/t14-,20+/m1/s1. The molecule has 4 rings (SSSR count). The van der Waals surface area contributed by atoms with Gasteiger partial charge in [0.2, 0.25) is 0 Å². The molecule has 3 heterocycles. The number of piperidine rings is 1. The molecule has 2 aliphatic rings. The van der Waals surface area contributed by atoms with Crippen molar-refractivity contribution in [1.29, 1.82) is 0 Å². The van der Waals surface area contributed by atoms with Crippen LogP contribution in [0.2, 0.25) is 0 Å². The van der Waals surface area contributed by atoms with E-state index in [0.717, 1.165) is 35.2 Å². The fourth-order valence-electron chi connectivity index (χ4n) is 3.90. The Morgan fingerprint density at radius 1 is 1.32 bits per heavy atom. The minimum atomic E-state index is -0.681. The first kappa shape index (κ1) is 20.5. The maximum absolute atomic E-state index is 13.1. The molecule has 31 heavy (non-hydrogen) atoms. The van der Waals surface area contributed by atoms with E-state index in [0.29, 0.717) is 24.0 Å². The van der Waals surface area contributed by atoms with Crippen LogP contribution in [0.5, 0.6) is 0 Å². The Labute approximate surface area is 180 Å². The van der Waals surface area contributed by atoms with Crippen LogP contribution in [0.15, 0.2) is 48.3 Å². The lowest BCUT2D eigenvalue weighted by Crippen LogP contribution is -2.51. The largest absolute Gasteiger partial charge is 0.383 e. The van der Waals surface area contributed by atoms with E-state index in [1.54, 1.807) is 24.1 Å². The number of likely N-dealkylation sites (tertiary alicyclic amines) is 1. The van der Waals surface area contributed by atoms with Crippen LogP contribution in [0, 0.1) is 18.9 Å². The second-order valence-corrected chi connectivity index (χ2v) is 8.04. The van der Waals surface area contributed by atoms with Gasteiger partial charge in [0.1, 0.15) is 28.7 Å². The van der Waals surface area contributed by atoms with Crippen molar-refractivity contribution in [3.05, 3.63) is 65.7 Å². The summed E-state index contributed by atoms with van der Waals surface area (Å²) in [5.74, 6) is -0.530. The second-order valence-electron chi connectivity index (χ2n) is 8.04. The summed E-state index contributed by atoms with van der Waals surface area (Å²) in [6, 6.07) is 3.39. The number of amides is 2. The summed E-state index contributed by atoms with van der Waals surface area (Å²) in [5.41, 5.74) is 9.67. The average molecular weight is 417 g/mol. The van der Waals surface area contributed by atoms with Gasteiger partial charge in [-0.15, -0.1) is 0 Å². The summed E-state index contributed by atoms with van der Waals surface area (Å²) in [4.78, 5) is 31.5. The van der Waals surface area contributed by atoms with Gasteiger partial charge in [-0.1, -0.05) is 6.92 Å². The maximum Gasteiger partial charge on any atom is 0.313 e. The monoisotopic (exact) mass is 417 g/mol. The summed E-state index contributed by atoms with van der Waals surface area (Å²) in [6.07, 6.45) is 14.0. The van der Waals surface area contributed by atoms with Gasteiger partial charge in [0.15, 0.2) is 0 Å². The number of carbonyl (C=O) groups is 2. The molecule has 2 aromatic rings. The van der Waals surface area contributed by atoms with Gasteiger partial charge in [-0.05, 0) is 43.4 Å². The third kappa shape index (κ3) is 4.39. The number of nitrogens with one attached hydrogen (secondary N) is 2. The molecule has 1 aliphatic carbocycles. The van der Waals surface area contributed by atoms with E-state index in [1.165, 1.54) is 6.20 Å². The van der Waals surface area contributed by atoms with Gasteiger partial charge in [0.05, 0.1) is 36.3 Å². The molecule has 2 aromatic heterocycles. The van der Waals surface area contributed by atoms with Crippen molar-refractivity contribution in [2.75, 3.05) is 17.6 Å². The number of nitrogen functional groups attached to an aromatic ring is 1. The molecule has 0 aromatic carbocycles. The Kier molecular flexibility index (Phi) is 5.64. The fourth-order valence-corrected chi connectivity index (χ4v) is 3.90. The topological polar surface area (TPSA) is 117 Å². The first-order chi connectivity index (χ1) is 14.9. The third-order valence-electron chi connectivity index (χ3n) is 5.66. The number of pyridine rings is 1. The first-order valence-electron chi connectivity index (χ1n) is 10.3. The number of allylic oxidation sites excluding steroid dienone is 4. The fraction of sp³-hybridized carbons (Fsp3) is 0.304. The summed E-state index contributed by atoms with van der Waals surface area (Å²) in [5, 5.41) is 9.55. The van der Waals surface area contributed by atoms with E-state index in [2.05, 4.69) is 33.5 Å². The highest BCUT2D eigenvalue weighted by molar-refractivity contribution is 6.39. The van der Waals surface area contributed by atoms with Gasteiger partial charge in [0.25, 0.3) is 0 Å². The van der Waals surface area contributed by atoms with Gasteiger partial charge in [-0.3, -0.25) is 14.7 Å². The number of aryl methyl sites for hydroxylation is 1. The minimum absolute atomic E-state index is 0.198. The highest BCUT2D eigenvalue weighted by Crippen LogP contribution is 2.30. The number of nitrogens with zero attached hydrogens (tertiary/aromatic N) is 3. The first-order valence-corrected chi connectivity index (χ1v) is 10.3. The molecule has 2 atom stereocenters. The van der Waals surface area contributed by atoms with Gasteiger partial charge < -0.3 is 16.0 Å². The van der Waals surface area contributed by atoms with Crippen molar-refractivity contribution in [3.63, 3.8) is 0 Å². The van der Waals surface area contributed by atoms with Gasteiger partial charge in [0, 0.05) is 12.6 Å². The summed E-state index contributed by atoms with van der Waals surface area (Å²) in [7, 11) is 0. The van der Waals surface area contributed by atoms with Crippen LogP contribution >= 0.6 is 0 Å². The van der Waals surface area contributed by atoms with Crippen LogP contribution in [-0.2, 0) is 9.59 Å². The number of H-pyrrole nitrogens is 1. The van der Waals surface area contributed by atoms with Crippen LogP contribution < -0.4 is 11.1 Å². The predicted molar refractivity (Wildman–Crippen MR) is 118 cm³/mol. The van der Waals surface area contributed by atoms with Crippen molar-refractivity contribution in [2.45, 2.75) is 32.7 Å². The smallest absolute Gasteiger partial charge is 0.313 e. The summed E-state index contributed by atoms with van der Waals surface area (Å²) in [6.45, 7) is 4.41. The average Bonchev–Trinajstić information content (AvgIpc) is 3.31. The number of carbonyl (C=O) groups excluding carboxylic acids is 2. The number of aromatic amines is 1. The van der Waals surface area contributed by atoms with Crippen LogP contribution in [0.1, 0.15) is 31.0 Å². The lowest BCUT2D eigenvalue weighted by molar-refractivity contribution is -0.145. The van der Waals surface area contributed by atoms with Crippen molar-refractivity contribution in [3.8, 4) is 0 Å². The van der Waals surface area contributed by atoms with E-state index in [1.807, 2.05) is 24.3 Å². The van der Waals surface area contributed by atoms with Gasteiger partial charge in [-0.25, -0.2) is 4.98 Å². The van der Waals surface area contributed by atoms with Crippen molar-refractivity contribution < 1.29 is 9.59 Å². The molecular formula is C23H25N6O2+. The third-order valence-corrected chi connectivity index (χ3v) is 5.66. The van der Waals surface area contributed by atoms with Crippen LogP contribution in [0.3, 0.4) is 0 Å². The molecule has 0 saturated carbocycles. The molecular weight excluding hydrogens is 392 g/mol. The number of hydrogen-bond acceptors (Lipinski definition) is 5. The number of hydrogen-bond donors (Lipinski definition) is 3. The van der Waals surface area contributed by atoms with Crippen LogP contribution in [0.4, 0.5) is 11.5 Å². The Morgan fingerprint density at radius 3 is 2.84 bits per heavy atom. The van der Waals surface area contributed by atoms with Gasteiger partial charge >= 0.3 is 11.8 Å². The minimum Gasteiger partial charge on any atom is -0.383 e. The highest BCUT2D eigenvalue weighted by atomic mass is 16.2.